The standard InChI is InChI=1S/C11H21N3O2/c1-5-12-9(3)8(2)11-13-10(14-16-11)6-7-15-4/h8-9,12H,5-7H2,1-4H3. The Bertz CT molecular complexity index is 301. The molecule has 1 N–H and O–H groups in total. The van der Waals surface area contributed by atoms with Crippen LogP contribution in [-0.4, -0.2) is 36.4 Å². The average Bonchev–Trinajstić information content (AvgIpc) is 2.74. The number of aromatic nitrogens is 2. The van der Waals surface area contributed by atoms with Crippen molar-refractivity contribution in [1.29, 1.82) is 0 Å². The average molecular weight is 227 g/mol. The van der Waals surface area contributed by atoms with Gasteiger partial charge in [0.05, 0.1) is 12.5 Å². The van der Waals surface area contributed by atoms with Crippen molar-refractivity contribution in [2.24, 2.45) is 0 Å². The Morgan fingerprint density at radius 1 is 1.44 bits per heavy atom. The third-order valence-electron chi connectivity index (χ3n) is 2.68. The molecule has 1 aromatic heterocycles. The maximum absolute atomic E-state index is 5.23. The summed E-state index contributed by atoms with van der Waals surface area (Å²) in [4.78, 5) is 4.35. The third-order valence-corrected chi connectivity index (χ3v) is 2.68. The SMILES string of the molecule is CCNC(C)C(C)c1nc(CCOC)no1. The highest BCUT2D eigenvalue weighted by Gasteiger charge is 2.19. The smallest absolute Gasteiger partial charge is 0.231 e. The van der Waals surface area contributed by atoms with E-state index in [1.807, 2.05) is 0 Å². The Balaban J connectivity index is 2.55. The zero-order valence-electron chi connectivity index (χ0n) is 10.5. The first-order valence-corrected chi connectivity index (χ1v) is 5.73. The molecule has 1 rings (SSSR count). The minimum Gasteiger partial charge on any atom is -0.384 e. The second kappa shape index (κ2) is 6.60. The van der Waals surface area contributed by atoms with Crippen LogP contribution in [0.4, 0.5) is 0 Å². The highest BCUT2D eigenvalue weighted by atomic mass is 16.5. The van der Waals surface area contributed by atoms with Gasteiger partial charge in [-0.2, -0.15) is 4.98 Å². The molecule has 1 heterocycles. The van der Waals surface area contributed by atoms with Crippen LogP contribution in [0.25, 0.3) is 0 Å². The molecule has 1 aromatic rings. The van der Waals surface area contributed by atoms with Crippen LogP contribution in [0, 0.1) is 0 Å². The van der Waals surface area contributed by atoms with Gasteiger partial charge in [-0.1, -0.05) is 19.0 Å². The molecule has 92 valence electrons. The topological polar surface area (TPSA) is 60.2 Å². The van der Waals surface area contributed by atoms with Gasteiger partial charge in [-0.25, -0.2) is 0 Å². The van der Waals surface area contributed by atoms with E-state index in [0.717, 1.165) is 6.54 Å². The molecule has 0 fully saturated rings. The van der Waals surface area contributed by atoms with E-state index in [4.69, 9.17) is 9.26 Å². The molecule has 0 saturated heterocycles. The Hall–Kier alpha value is -0.940. The summed E-state index contributed by atoms with van der Waals surface area (Å²) in [6, 6.07) is 0.334. The Morgan fingerprint density at radius 2 is 2.19 bits per heavy atom. The normalized spacial score (nSPS) is 15.0. The van der Waals surface area contributed by atoms with Gasteiger partial charge in [0.1, 0.15) is 0 Å². The predicted molar refractivity (Wildman–Crippen MR) is 61.4 cm³/mol. The van der Waals surface area contributed by atoms with E-state index in [9.17, 15) is 0 Å². The molecule has 0 amide bonds. The van der Waals surface area contributed by atoms with Crippen molar-refractivity contribution < 1.29 is 9.26 Å². The van der Waals surface area contributed by atoms with E-state index in [1.165, 1.54) is 0 Å². The number of rotatable bonds is 7. The van der Waals surface area contributed by atoms with Crippen molar-refractivity contribution >= 4 is 0 Å². The summed E-state index contributed by atoms with van der Waals surface area (Å²) in [6.07, 6.45) is 0.697. The van der Waals surface area contributed by atoms with Crippen molar-refractivity contribution in [1.82, 2.24) is 15.5 Å². The van der Waals surface area contributed by atoms with Gasteiger partial charge < -0.3 is 14.6 Å². The molecule has 16 heavy (non-hydrogen) atoms. The fraction of sp³-hybridized carbons (Fsp3) is 0.818. The van der Waals surface area contributed by atoms with Crippen molar-refractivity contribution in [2.75, 3.05) is 20.3 Å². The highest BCUT2D eigenvalue weighted by Crippen LogP contribution is 2.16. The van der Waals surface area contributed by atoms with Crippen LogP contribution in [0.15, 0.2) is 4.52 Å². The van der Waals surface area contributed by atoms with Crippen LogP contribution in [0.2, 0.25) is 0 Å². The highest BCUT2D eigenvalue weighted by molar-refractivity contribution is 4.96. The van der Waals surface area contributed by atoms with Crippen LogP contribution < -0.4 is 5.32 Å². The van der Waals surface area contributed by atoms with Gasteiger partial charge in [0.2, 0.25) is 5.89 Å². The van der Waals surface area contributed by atoms with Gasteiger partial charge in [0.25, 0.3) is 0 Å². The first-order valence-electron chi connectivity index (χ1n) is 5.73. The molecule has 0 aliphatic carbocycles. The lowest BCUT2D eigenvalue weighted by atomic mass is 10.0. The minimum absolute atomic E-state index is 0.226. The van der Waals surface area contributed by atoms with Crippen molar-refractivity contribution in [3.05, 3.63) is 11.7 Å². The molecule has 0 bridgehead atoms. The van der Waals surface area contributed by atoms with E-state index < -0.39 is 0 Å². The van der Waals surface area contributed by atoms with Crippen LogP contribution in [-0.2, 0) is 11.2 Å². The zero-order chi connectivity index (χ0) is 12.0. The van der Waals surface area contributed by atoms with E-state index in [-0.39, 0.29) is 5.92 Å². The minimum atomic E-state index is 0.226. The summed E-state index contributed by atoms with van der Waals surface area (Å²) in [5.74, 6) is 1.63. The van der Waals surface area contributed by atoms with Crippen molar-refractivity contribution in [3.8, 4) is 0 Å². The molecule has 0 spiro atoms. The summed E-state index contributed by atoms with van der Waals surface area (Å²) < 4.78 is 10.2. The fourth-order valence-corrected chi connectivity index (χ4v) is 1.46. The van der Waals surface area contributed by atoms with Gasteiger partial charge in [-0.3, -0.25) is 0 Å². The maximum Gasteiger partial charge on any atom is 0.231 e. The zero-order valence-corrected chi connectivity index (χ0v) is 10.5. The van der Waals surface area contributed by atoms with E-state index in [1.54, 1.807) is 7.11 Å². The second-order valence-corrected chi connectivity index (χ2v) is 3.93. The number of nitrogens with one attached hydrogen (secondary N) is 1. The number of nitrogens with zero attached hydrogens (tertiary/aromatic N) is 2. The molecule has 5 heteroatoms. The number of hydrogen-bond donors (Lipinski definition) is 1. The summed E-state index contributed by atoms with van der Waals surface area (Å²) >= 11 is 0. The molecule has 0 radical (unpaired) electrons. The fourth-order valence-electron chi connectivity index (χ4n) is 1.46. The number of methoxy groups -OCH3 is 1. The van der Waals surface area contributed by atoms with Gasteiger partial charge in [0.15, 0.2) is 5.82 Å². The molecule has 0 saturated carbocycles. The van der Waals surface area contributed by atoms with Gasteiger partial charge in [-0.15, -0.1) is 0 Å². The number of hydrogen-bond acceptors (Lipinski definition) is 5. The van der Waals surface area contributed by atoms with Gasteiger partial charge in [-0.05, 0) is 13.5 Å². The van der Waals surface area contributed by atoms with Gasteiger partial charge in [0, 0.05) is 19.6 Å². The van der Waals surface area contributed by atoms with Crippen molar-refractivity contribution in [3.63, 3.8) is 0 Å². The molecule has 0 aliphatic heterocycles. The Labute approximate surface area is 96.6 Å². The summed E-state index contributed by atoms with van der Waals surface area (Å²) in [7, 11) is 1.66. The lowest BCUT2D eigenvalue weighted by Crippen LogP contribution is -2.30. The number of likely N-dealkylation sites (N-methyl/N-ethyl adjacent to an activating group) is 1. The van der Waals surface area contributed by atoms with Crippen molar-refractivity contribution in [2.45, 2.75) is 39.2 Å². The monoisotopic (exact) mass is 227 g/mol. The summed E-state index contributed by atoms with van der Waals surface area (Å²) in [5.41, 5.74) is 0. The number of ether oxygens (including phenoxy) is 1. The quantitative estimate of drug-likeness (QED) is 0.762. The Kier molecular flexibility index (Phi) is 5.42. The molecule has 2 unspecified atom stereocenters. The lowest BCUT2D eigenvalue weighted by molar-refractivity contribution is 0.199. The second-order valence-electron chi connectivity index (χ2n) is 3.93. The first kappa shape index (κ1) is 13.1. The maximum atomic E-state index is 5.23. The largest absolute Gasteiger partial charge is 0.384 e. The summed E-state index contributed by atoms with van der Waals surface area (Å²) in [5, 5.41) is 7.27. The lowest BCUT2D eigenvalue weighted by Gasteiger charge is -2.16. The molecule has 2 atom stereocenters. The van der Waals surface area contributed by atoms with Crippen LogP contribution in [0.3, 0.4) is 0 Å². The molecular formula is C11H21N3O2. The summed E-state index contributed by atoms with van der Waals surface area (Å²) in [6.45, 7) is 7.85. The first-order chi connectivity index (χ1) is 7.69. The van der Waals surface area contributed by atoms with Crippen LogP contribution >= 0.6 is 0 Å². The van der Waals surface area contributed by atoms with Gasteiger partial charge >= 0.3 is 0 Å². The van der Waals surface area contributed by atoms with E-state index >= 15 is 0 Å². The molecule has 0 aliphatic rings. The molecular weight excluding hydrogens is 206 g/mol. The Morgan fingerprint density at radius 3 is 2.81 bits per heavy atom. The van der Waals surface area contributed by atoms with E-state index in [2.05, 4.69) is 36.2 Å². The van der Waals surface area contributed by atoms with Crippen LogP contribution in [0.5, 0.6) is 0 Å². The van der Waals surface area contributed by atoms with E-state index in [0.29, 0.717) is 30.8 Å². The molecule has 5 nitrogen and oxygen atoms in total. The predicted octanol–water partition coefficient (Wildman–Crippen LogP) is 1.36. The van der Waals surface area contributed by atoms with Crippen LogP contribution in [0.1, 0.15) is 38.4 Å². The molecule has 0 aromatic carbocycles. The third kappa shape index (κ3) is 3.57.